The average molecular weight is 447 g/mol. The van der Waals surface area contributed by atoms with Gasteiger partial charge in [-0.25, -0.2) is 17.7 Å². The number of rotatable bonds is 8. The van der Waals surface area contributed by atoms with Gasteiger partial charge in [-0.3, -0.25) is 4.79 Å². The van der Waals surface area contributed by atoms with Gasteiger partial charge < -0.3 is 19.4 Å². The highest BCUT2D eigenvalue weighted by Gasteiger charge is 2.19. The Labute approximate surface area is 181 Å². The van der Waals surface area contributed by atoms with Crippen LogP contribution < -0.4 is 14.8 Å². The molecule has 2 aromatic carbocycles. The number of amides is 1. The van der Waals surface area contributed by atoms with E-state index in [1.54, 1.807) is 43.5 Å². The van der Waals surface area contributed by atoms with E-state index < -0.39 is 10.0 Å². The molecule has 0 aliphatic heterocycles. The molecular weight excluding hydrogens is 420 g/mol. The van der Waals surface area contributed by atoms with Crippen LogP contribution in [0.2, 0.25) is 0 Å². The quantitative estimate of drug-likeness (QED) is 0.570. The number of methoxy groups -OCH3 is 2. The topological polar surface area (TPSA) is 103 Å². The lowest BCUT2D eigenvalue weighted by molar-refractivity contribution is -0.116. The smallest absolute Gasteiger partial charge is 0.242 e. The molecule has 0 saturated heterocycles. The van der Waals surface area contributed by atoms with Crippen molar-refractivity contribution in [3.05, 3.63) is 42.2 Å². The van der Waals surface area contributed by atoms with Crippen molar-refractivity contribution in [3.63, 3.8) is 0 Å². The van der Waals surface area contributed by atoms with E-state index >= 15 is 0 Å². The van der Waals surface area contributed by atoms with Gasteiger partial charge in [0.25, 0.3) is 0 Å². The number of carbonyl (C=O) groups is 1. The molecule has 0 fully saturated rings. The van der Waals surface area contributed by atoms with E-state index in [1.165, 1.54) is 21.2 Å². The minimum absolute atomic E-state index is 0.178. The molecule has 10 heteroatoms. The van der Waals surface area contributed by atoms with Gasteiger partial charge in [0.1, 0.15) is 17.3 Å². The van der Waals surface area contributed by atoms with Crippen molar-refractivity contribution >= 4 is 32.7 Å². The second kappa shape index (κ2) is 8.94. The van der Waals surface area contributed by atoms with Crippen LogP contribution >= 0.6 is 0 Å². The molecule has 0 aliphatic rings. The van der Waals surface area contributed by atoms with Crippen molar-refractivity contribution in [1.82, 2.24) is 13.9 Å². The Hall–Kier alpha value is -3.11. The number of hydrogen-bond acceptors (Lipinski definition) is 6. The molecule has 1 heterocycles. The highest BCUT2D eigenvalue weighted by molar-refractivity contribution is 7.89. The van der Waals surface area contributed by atoms with Gasteiger partial charge in [0.2, 0.25) is 15.9 Å². The maximum Gasteiger partial charge on any atom is 0.242 e. The van der Waals surface area contributed by atoms with Crippen LogP contribution in [0.4, 0.5) is 5.69 Å². The zero-order chi connectivity index (χ0) is 22.8. The Morgan fingerprint density at radius 1 is 1.13 bits per heavy atom. The number of aryl methyl sites for hydroxylation is 2. The van der Waals surface area contributed by atoms with Crippen molar-refractivity contribution < 1.29 is 22.7 Å². The monoisotopic (exact) mass is 446 g/mol. The molecule has 1 amide bonds. The van der Waals surface area contributed by atoms with Gasteiger partial charge in [0.15, 0.2) is 0 Å². The molecule has 0 radical (unpaired) electrons. The first-order valence-corrected chi connectivity index (χ1v) is 11.0. The van der Waals surface area contributed by atoms with Crippen LogP contribution in [0.3, 0.4) is 0 Å². The van der Waals surface area contributed by atoms with Crippen LogP contribution in [-0.2, 0) is 28.3 Å². The summed E-state index contributed by atoms with van der Waals surface area (Å²) in [6.45, 7) is 0. The lowest BCUT2D eigenvalue weighted by Gasteiger charge is -2.11. The third-order valence-corrected chi connectivity index (χ3v) is 6.79. The summed E-state index contributed by atoms with van der Waals surface area (Å²) < 4.78 is 38.3. The summed E-state index contributed by atoms with van der Waals surface area (Å²) in [5.74, 6) is 1.62. The van der Waals surface area contributed by atoms with Gasteiger partial charge in [-0.15, -0.1) is 0 Å². The summed E-state index contributed by atoms with van der Waals surface area (Å²) >= 11 is 0. The summed E-state index contributed by atoms with van der Waals surface area (Å²) in [5, 5.41) is 2.84. The molecule has 1 aromatic heterocycles. The number of sulfonamides is 1. The molecule has 0 saturated carbocycles. The van der Waals surface area contributed by atoms with Crippen molar-refractivity contribution in [1.29, 1.82) is 0 Å². The number of aromatic nitrogens is 2. The summed E-state index contributed by atoms with van der Waals surface area (Å²) in [5.41, 5.74) is 1.88. The van der Waals surface area contributed by atoms with Crippen LogP contribution in [0.15, 0.2) is 41.3 Å². The maximum absolute atomic E-state index is 12.5. The predicted molar refractivity (Wildman–Crippen MR) is 118 cm³/mol. The summed E-state index contributed by atoms with van der Waals surface area (Å²) in [6.07, 6.45) is 0.583. The summed E-state index contributed by atoms with van der Waals surface area (Å²) in [6, 6.07) is 10.0. The Balaban J connectivity index is 1.77. The number of ether oxygens (including phenoxy) is 2. The van der Waals surface area contributed by atoms with Crippen molar-refractivity contribution in [2.75, 3.05) is 33.6 Å². The predicted octanol–water partition coefficient (Wildman–Crippen LogP) is 2.41. The number of anilines is 1. The largest absolute Gasteiger partial charge is 0.497 e. The molecule has 0 unspecified atom stereocenters. The van der Waals surface area contributed by atoms with Crippen molar-refractivity contribution in [3.8, 4) is 11.5 Å². The highest BCUT2D eigenvalue weighted by atomic mass is 32.2. The Morgan fingerprint density at radius 2 is 1.87 bits per heavy atom. The molecule has 166 valence electrons. The molecule has 0 atom stereocenters. The lowest BCUT2D eigenvalue weighted by Crippen LogP contribution is -2.22. The normalized spacial score (nSPS) is 11.7. The number of nitrogens with one attached hydrogen (secondary N) is 1. The minimum atomic E-state index is -3.55. The lowest BCUT2D eigenvalue weighted by atomic mass is 10.2. The van der Waals surface area contributed by atoms with E-state index in [-0.39, 0.29) is 17.2 Å². The SMILES string of the molecule is COc1ccc(OC)c(NC(=O)CCc2nc3cc(S(=O)(=O)N(C)C)ccc3n2C)c1. The molecule has 0 bridgehead atoms. The molecule has 3 aromatic rings. The Bertz CT molecular complexity index is 1220. The Morgan fingerprint density at radius 3 is 2.52 bits per heavy atom. The number of benzene rings is 2. The standard InChI is InChI=1S/C21H26N4O5S/c1-24(2)31(27,28)15-7-8-18-16(13-15)22-20(25(18)3)10-11-21(26)23-17-12-14(29-4)6-9-19(17)30-5/h6-9,12-13H,10-11H2,1-5H3,(H,23,26). The van der Waals surface area contributed by atoms with Gasteiger partial charge in [-0.1, -0.05) is 0 Å². The van der Waals surface area contributed by atoms with Crippen LogP contribution in [0.1, 0.15) is 12.2 Å². The number of nitrogens with zero attached hydrogens (tertiary/aromatic N) is 3. The Kier molecular flexibility index (Phi) is 6.51. The molecular formula is C21H26N4O5S. The minimum Gasteiger partial charge on any atom is -0.497 e. The van der Waals surface area contributed by atoms with Crippen LogP contribution in [0, 0.1) is 0 Å². The zero-order valence-corrected chi connectivity index (χ0v) is 19.0. The van der Waals surface area contributed by atoms with Gasteiger partial charge in [-0.05, 0) is 30.3 Å². The molecule has 0 spiro atoms. The van der Waals surface area contributed by atoms with Crippen LogP contribution in [-0.4, -0.2) is 56.5 Å². The first-order chi connectivity index (χ1) is 14.7. The molecule has 1 N–H and O–H groups in total. The summed E-state index contributed by atoms with van der Waals surface area (Å²) in [7, 11) is 4.34. The maximum atomic E-state index is 12.5. The molecule has 0 aliphatic carbocycles. The third kappa shape index (κ3) is 4.64. The second-order valence-electron chi connectivity index (χ2n) is 7.14. The van der Waals surface area contributed by atoms with E-state index in [4.69, 9.17) is 9.47 Å². The number of imidazole rings is 1. The van der Waals surface area contributed by atoms with Crippen molar-refractivity contribution in [2.45, 2.75) is 17.7 Å². The summed E-state index contributed by atoms with van der Waals surface area (Å²) in [4.78, 5) is 17.2. The van der Waals surface area contributed by atoms with E-state index in [0.717, 1.165) is 9.82 Å². The van der Waals surface area contributed by atoms with E-state index in [9.17, 15) is 13.2 Å². The number of hydrogen-bond donors (Lipinski definition) is 1. The fourth-order valence-corrected chi connectivity index (χ4v) is 4.10. The average Bonchev–Trinajstić information content (AvgIpc) is 3.07. The van der Waals surface area contributed by atoms with E-state index in [1.807, 2.05) is 11.6 Å². The number of carbonyl (C=O) groups excluding carboxylic acids is 1. The van der Waals surface area contributed by atoms with Gasteiger partial charge in [-0.2, -0.15) is 0 Å². The molecule has 9 nitrogen and oxygen atoms in total. The third-order valence-electron chi connectivity index (χ3n) is 4.98. The first kappa shape index (κ1) is 22.6. The fourth-order valence-electron chi connectivity index (χ4n) is 3.17. The molecule has 31 heavy (non-hydrogen) atoms. The highest BCUT2D eigenvalue weighted by Crippen LogP contribution is 2.29. The first-order valence-electron chi connectivity index (χ1n) is 9.57. The van der Waals surface area contributed by atoms with Gasteiger partial charge in [0, 0.05) is 40.1 Å². The van der Waals surface area contributed by atoms with Gasteiger partial charge in [0.05, 0.1) is 35.8 Å². The van der Waals surface area contributed by atoms with E-state index in [2.05, 4.69) is 10.3 Å². The van der Waals surface area contributed by atoms with Gasteiger partial charge >= 0.3 is 0 Å². The number of fused-ring (bicyclic) bond motifs is 1. The van der Waals surface area contributed by atoms with Crippen LogP contribution in [0.5, 0.6) is 11.5 Å². The van der Waals surface area contributed by atoms with Crippen LogP contribution in [0.25, 0.3) is 11.0 Å². The second-order valence-corrected chi connectivity index (χ2v) is 9.29. The fraction of sp³-hybridized carbons (Fsp3) is 0.333. The zero-order valence-electron chi connectivity index (χ0n) is 18.2. The van der Waals surface area contributed by atoms with Crippen molar-refractivity contribution in [2.24, 2.45) is 7.05 Å². The van der Waals surface area contributed by atoms with E-state index in [0.29, 0.717) is 34.9 Å². The molecule has 3 rings (SSSR count).